The molecule has 0 unspecified atom stereocenters. The van der Waals surface area contributed by atoms with E-state index in [9.17, 15) is 14.0 Å². The summed E-state index contributed by atoms with van der Waals surface area (Å²) in [6.45, 7) is 6.44. The van der Waals surface area contributed by atoms with Crippen LogP contribution in [0.3, 0.4) is 0 Å². The maximum Gasteiger partial charge on any atom is 0.261 e. The van der Waals surface area contributed by atoms with Crippen molar-refractivity contribution in [3.8, 4) is 21.9 Å². The molecule has 2 atom stereocenters. The number of hydrogen-bond donors (Lipinski definition) is 2. The highest BCUT2D eigenvalue weighted by Crippen LogP contribution is 2.45. The van der Waals surface area contributed by atoms with Gasteiger partial charge in [-0.25, -0.2) is 4.39 Å². The number of halogens is 1. The number of aryl methyl sites for hydroxylation is 4. The normalized spacial score (nSPS) is 17.1. The molecule has 0 saturated carbocycles. The van der Waals surface area contributed by atoms with Crippen molar-refractivity contribution in [3.63, 3.8) is 0 Å². The van der Waals surface area contributed by atoms with Crippen molar-refractivity contribution in [2.45, 2.75) is 58.4 Å². The van der Waals surface area contributed by atoms with Crippen LogP contribution < -0.4 is 10.6 Å². The Kier molecular flexibility index (Phi) is 7.98. The van der Waals surface area contributed by atoms with E-state index < -0.39 is 0 Å². The van der Waals surface area contributed by atoms with E-state index in [4.69, 9.17) is 9.40 Å². The van der Waals surface area contributed by atoms with Crippen molar-refractivity contribution in [1.29, 1.82) is 0 Å². The van der Waals surface area contributed by atoms with Crippen molar-refractivity contribution >= 4 is 23.2 Å². The fourth-order valence-corrected chi connectivity index (χ4v) is 7.56. The van der Waals surface area contributed by atoms with Crippen LogP contribution in [-0.2, 0) is 19.3 Å². The van der Waals surface area contributed by atoms with Gasteiger partial charge in [0, 0.05) is 29.8 Å². The van der Waals surface area contributed by atoms with E-state index in [0.29, 0.717) is 52.5 Å². The Morgan fingerprint density at radius 2 is 1.85 bits per heavy atom. The van der Waals surface area contributed by atoms with Gasteiger partial charge in [-0.2, -0.15) is 0 Å². The molecule has 0 radical (unpaired) electrons. The number of pyridine rings is 1. The summed E-state index contributed by atoms with van der Waals surface area (Å²) < 4.78 is 19.7. The zero-order chi connectivity index (χ0) is 31.9. The number of hydrogen-bond acceptors (Lipinski definition) is 7. The molecule has 0 fully saturated rings. The number of amides is 2. The van der Waals surface area contributed by atoms with Gasteiger partial charge in [0.15, 0.2) is 0 Å². The third-order valence-electron chi connectivity index (χ3n) is 8.98. The summed E-state index contributed by atoms with van der Waals surface area (Å²) in [6, 6.07) is 18.3. The van der Waals surface area contributed by atoms with E-state index in [0.717, 1.165) is 34.5 Å². The highest BCUT2D eigenvalue weighted by Gasteiger charge is 2.36. The van der Waals surface area contributed by atoms with Crippen molar-refractivity contribution in [2.75, 3.05) is 6.54 Å². The number of carbonyl (C=O) groups excluding carboxylic acids is 2. The van der Waals surface area contributed by atoms with Gasteiger partial charge in [-0.1, -0.05) is 50.2 Å². The third-order valence-corrected chi connectivity index (χ3v) is 10.1. The summed E-state index contributed by atoms with van der Waals surface area (Å²) in [5, 5.41) is 14.8. The molecule has 46 heavy (non-hydrogen) atoms. The molecular formula is C36H34FN5O3S. The topological polar surface area (TPSA) is 110 Å². The summed E-state index contributed by atoms with van der Waals surface area (Å²) in [4.78, 5) is 33.8. The molecule has 2 aromatic carbocycles. The van der Waals surface area contributed by atoms with Crippen LogP contribution in [0.4, 0.5) is 4.39 Å². The Hall–Kier alpha value is -4.70. The maximum atomic E-state index is 13.7. The van der Waals surface area contributed by atoms with Gasteiger partial charge >= 0.3 is 0 Å². The van der Waals surface area contributed by atoms with E-state index in [-0.39, 0.29) is 41.4 Å². The fourth-order valence-electron chi connectivity index (χ4n) is 6.59. The second-order valence-electron chi connectivity index (χ2n) is 12.3. The largest absolute Gasteiger partial charge is 0.421 e. The second-order valence-corrected chi connectivity index (χ2v) is 13.4. The minimum Gasteiger partial charge on any atom is -0.421 e. The molecule has 2 aliphatic rings. The molecule has 0 spiro atoms. The standard InChI is InChI=1S/C36H34FN5O3S/c1-19(2)25-18-38-35(44)32-31(28-16-17-29(46-28)34(43)40-26-15-11-22-6-4-5-7-24(22)26)30(36-42-41-20(3)45-36)27(39-33(25)32)14-10-21-8-12-23(37)13-9-21/h4-9,12-13,16-17,19,25-26H,10-11,14-15,18H2,1-3H3,(H,38,44)(H,40,43)/t25-,26+/m1/s1. The number of thiophene rings is 1. The summed E-state index contributed by atoms with van der Waals surface area (Å²) in [6.07, 6.45) is 2.87. The van der Waals surface area contributed by atoms with E-state index in [1.807, 2.05) is 24.3 Å². The minimum atomic E-state index is -0.291. The predicted molar refractivity (Wildman–Crippen MR) is 174 cm³/mol. The molecule has 8 nitrogen and oxygen atoms in total. The first-order valence-corrected chi connectivity index (χ1v) is 16.5. The molecule has 0 saturated heterocycles. The first-order valence-electron chi connectivity index (χ1n) is 15.7. The first kappa shape index (κ1) is 30.0. The van der Waals surface area contributed by atoms with Crippen LogP contribution >= 0.6 is 11.3 Å². The summed E-state index contributed by atoms with van der Waals surface area (Å²) >= 11 is 1.33. The summed E-state index contributed by atoms with van der Waals surface area (Å²) in [5.41, 5.74) is 6.51. The van der Waals surface area contributed by atoms with Gasteiger partial charge < -0.3 is 15.1 Å². The maximum absolute atomic E-state index is 13.7. The summed E-state index contributed by atoms with van der Waals surface area (Å²) in [7, 11) is 0. The molecular weight excluding hydrogens is 601 g/mol. The van der Waals surface area contributed by atoms with Crippen molar-refractivity contribution in [3.05, 3.63) is 111 Å². The number of carbonyl (C=O) groups is 2. The lowest BCUT2D eigenvalue weighted by Crippen LogP contribution is -2.38. The van der Waals surface area contributed by atoms with Gasteiger partial charge in [-0.3, -0.25) is 14.6 Å². The molecule has 4 heterocycles. The van der Waals surface area contributed by atoms with Gasteiger partial charge in [0.1, 0.15) is 5.82 Å². The lowest BCUT2D eigenvalue weighted by atomic mass is 9.82. The Labute approximate surface area is 270 Å². The lowest BCUT2D eigenvalue weighted by Gasteiger charge is -2.30. The zero-order valence-electron chi connectivity index (χ0n) is 25.9. The highest BCUT2D eigenvalue weighted by atomic mass is 32.1. The molecule has 5 aromatic rings. The van der Waals surface area contributed by atoms with Crippen LogP contribution in [0.1, 0.15) is 86.2 Å². The number of fused-ring (bicyclic) bond motifs is 2. The van der Waals surface area contributed by atoms with Crippen LogP contribution in [0, 0.1) is 18.7 Å². The first-order chi connectivity index (χ1) is 22.3. The van der Waals surface area contributed by atoms with Gasteiger partial charge in [0.25, 0.3) is 11.8 Å². The van der Waals surface area contributed by atoms with Crippen molar-refractivity contribution < 1.29 is 18.4 Å². The average Bonchev–Trinajstić information content (AvgIpc) is 3.81. The van der Waals surface area contributed by atoms with E-state index >= 15 is 0 Å². The van der Waals surface area contributed by atoms with Gasteiger partial charge in [-0.15, -0.1) is 21.5 Å². The van der Waals surface area contributed by atoms with Crippen molar-refractivity contribution in [1.82, 2.24) is 25.8 Å². The summed E-state index contributed by atoms with van der Waals surface area (Å²) in [5.74, 6) is 0.172. The Morgan fingerprint density at radius 3 is 2.61 bits per heavy atom. The van der Waals surface area contributed by atoms with E-state index in [1.165, 1.54) is 29.0 Å². The Morgan fingerprint density at radius 1 is 1.04 bits per heavy atom. The average molecular weight is 636 g/mol. The van der Waals surface area contributed by atoms with Crippen LogP contribution in [0.5, 0.6) is 0 Å². The monoisotopic (exact) mass is 635 g/mol. The van der Waals surface area contributed by atoms with Gasteiger partial charge in [0.05, 0.1) is 33.4 Å². The molecule has 1 aliphatic heterocycles. The second kappa shape index (κ2) is 12.2. The number of benzene rings is 2. The smallest absolute Gasteiger partial charge is 0.261 e. The lowest BCUT2D eigenvalue weighted by molar-refractivity contribution is 0.0929. The molecule has 7 rings (SSSR count). The number of aromatic nitrogens is 3. The predicted octanol–water partition coefficient (Wildman–Crippen LogP) is 6.99. The van der Waals surface area contributed by atoms with E-state index in [2.05, 4.69) is 46.8 Å². The number of nitrogens with zero attached hydrogens (tertiary/aromatic N) is 3. The van der Waals surface area contributed by atoms with Crippen molar-refractivity contribution in [2.24, 2.45) is 5.92 Å². The molecule has 2 amide bonds. The van der Waals surface area contributed by atoms with Crippen LogP contribution in [0.2, 0.25) is 0 Å². The molecule has 1 aliphatic carbocycles. The SMILES string of the molecule is Cc1nnc(-c2c(CCc3ccc(F)cc3)nc3c(c2-c2ccc(C(=O)N[C@H]4CCc5ccccc54)s2)C(=O)NC[C@@H]3C(C)C)o1. The van der Waals surface area contributed by atoms with Gasteiger partial charge in [-0.05, 0) is 72.6 Å². The number of rotatable bonds is 8. The minimum absolute atomic E-state index is 0.0142. The molecule has 3 aromatic heterocycles. The Bertz CT molecular complexity index is 1950. The van der Waals surface area contributed by atoms with Crippen LogP contribution in [0.25, 0.3) is 21.9 Å². The third kappa shape index (κ3) is 5.62. The molecule has 234 valence electrons. The molecule has 0 bridgehead atoms. The number of nitrogens with one attached hydrogen (secondary N) is 2. The van der Waals surface area contributed by atoms with Gasteiger partial charge in [0.2, 0.25) is 11.8 Å². The van der Waals surface area contributed by atoms with Crippen LogP contribution in [0.15, 0.2) is 65.1 Å². The Balaban J connectivity index is 1.35. The molecule has 2 N–H and O–H groups in total. The van der Waals surface area contributed by atoms with Crippen LogP contribution in [-0.4, -0.2) is 33.5 Å². The highest BCUT2D eigenvalue weighted by molar-refractivity contribution is 7.17. The quantitative estimate of drug-likeness (QED) is 0.190. The molecule has 10 heteroatoms. The van der Waals surface area contributed by atoms with E-state index in [1.54, 1.807) is 19.1 Å². The fraction of sp³-hybridized carbons (Fsp3) is 0.306. The zero-order valence-corrected chi connectivity index (χ0v) is 26.7.